The van der Waals surface area contributed by atoms with Gasteiger partial charge in [0.25, 0.3) is 5.88 Å². The van der Waals surface area contributed by atoms with Gasteiger partial charge in [0.2, 0.25) is 5.82 Å². The fraction of sp³-hybridized carbons (Fsp3) is 0.727. The fourth-order valence-corrected chi connectivity index (χ4v) is 2.14. The lowest BCUT2D eigenvalue weighted by Crippen LogP contribution is -2.12. The molecule has 7 nitrogen and oxygen atoms in total. The number of aryl methyl sites for hydroxylation is 1. The van der Waals surface area contributed by atoms with Gasteiger partial charge in [-0.15, -0.1) is 0 Å². The van der Waals surface area contributed by atoms with Crippen molar-refractivity contribution < 1.29 is 9.66 Å². The van der Waals surface area contributed by atoms with Crippen molar-refractivity contribution in [2.24, 2.45) is 13.0 Å². The first kappa shape index (κ1) is 12.8. The predicted molar refractivity (Wildman–Crippen MR) is 65.7 cm³/mol. The lowest BCUT2D eigenvalue weighted by molar-refractivity contribution is -0.390. The Hall–Kier alpha value is -1.63. The van der Waals surface area contributed by atoms with Crippen molar-refractivity contribution >= 4 is 5.82 Å². The van der Waals surface area contributed by atoms with E-state index in [-0.39, 0.29) is 11.7 Å². The Morgan fingerprint density at radius 1 is 1.67 bits per heavy atom. The van der Waals surface area contributed by atoms with Gasteiger partial charge >= 0.3 is 5.82 Å². The number of rotatable bonds is 5. The lowest BCUT2D eigenvalue weighted by Gasteiger charge is -2.09. The van der Waals surface area contributed by atoms with Crippen molar-refractivity contribution in [1.29, 1.82) is 0 Å². The highest BCUT2D eigenvalue weighted by Gasteiger charge is 2.25. The van der Waals surface area contributed by atoms with Gasteiger partial charge in [0.05, 0.1) is 6.61 Å². The van der Waals surface area contributed by atoms with Crippen molar-refractivity contribution in [1.82, 2.24) is 14.9 Å². The second-order valence-corrected chi connectivity index (χ2v) is 4.60. The first-order chi connectivity index (χ1) is 8.59. The van der Waals surface area contributed by atoms with Gasteiger partial charge < -0.3 is 20.2 Å². The topological polar surface area (TPSA) is 82.2 Å². The molecule has 1 aliphatic rings. The molecule has 0 aliphatic carbocycles. The summed E-state index contributed by atoms with van der Waals surface area (Å²) in [6, 6.07) is 0. The molecule has 1 fully saturated rings. The van der Waals surface area contributed by atoms with E-state index in [0.717, 1.165) is 25.9 Å². The zero-order chi connectivity index (χ0) is 13.1. The zero-order valence-electron chi connectivity index (χ0n) is 10.7. The molecule has 2 rings (SSSR count). The van der Waals surface area contributed by atoms with Gasteiger partial charge in [-0.2, -0.15) is 0 Å². The number of aromatic nitrogens is 2. The third-order valence-electron chi connectivity index (χ3n) is 3.35. The average Bonchev–Trinajstić information content (AvgIpc) is 2.92. The molecule has 0 saturated carbocycles. The molecule has 1 aromatic heterocycles. The first-order valence-corrected chi connectivity index (χ1v) is 6.11. The zero-order valence-corrected chi connectivity index (χ0v) is 10.7. The molecular weight excluding hydrogens is 236 g/mol. The Kier molecular flexibility index (Phi) is 3.81. The number of hydrogen-bond acceptors (Lipinski definition) is 5. The lowest BCUT2D eigenvalue weighted by atomic mass is 10.1. The van der Waals surface area contributed by atoms with Crippen LogP contribution in [0.1, 0.15) is 18.7 Å². The number of nitrogens with one attached hydrogen (secondary N) is 1. The van der Waals surface area contributed by atoms with Crippen LogP contribution in [0.15, 0.2) is 0 Å². The van der Waals surface area contributed by atoms with Gasteiger partial charge in [0.15, 0.2) is 0 Å². The molecule has 1 unspecified atom stereocenters. The summed E-state index contributed by atoms with van der Waals surface area (Å²) in [6.45, 7) is 4.28. The third kappa shape index (κ3) is 2.61. The smallest absolute Gasteiger partial charge is 0.426 e. The molecule has 1 aromatic rings. The molecule has 0 amide bonds. The summed E-state index contributed by atoms with van der Waals surface area (Å²) >= 11 is 0. The average molecular weight is 254 g/mol. The minimum Gasteiger partial charge on any atom is -0.473 e. The SMILES string of the molecule is Cc1nc([N+](=O)[O-])c(OCCC2CCNC2)n1C. The maximum absolute atomic E-state index is 10.8. The van der Waals surface area contributed by atoms with E-state index in [1.54, 1.807) is 18.5 Å². The van der Waals surface area contributed by atoms with E-state index in [1.165, 1.54) is 0 Å². The molecule has 7 heteroatoms. The first-order valence-electron chi connectivity index (χ1n) is 6.11. The van der Waals surface area contributed by atoms with E-state index < -0.39 is 4.92 Å². The van der Waals surface area contributed by atoms with Gasteiger partial charge in [-0.05, 0) is 41.8 Å². The minimum atomic E-state index is -0.501. The standard InChI is InChI=1S/C11H18N4O3/c1-8-13-10(15(16)17)11(14(8)2)18-6-4-9-3-5-12-7-9/h9,12H,3-7H2,1-2H3. The van der Waals surface area contributed by atoms with Crippen LogP contribution in [-0.2, 0) is 7.05 Å². The number of hydrogen-bond donors (Lipinski definition) is 1. The molecule has 0 radical (unpaired) electrons. The highest BCUT2D eigenvalue weighted by molar-refractivity contribution is 5.35. The Morgan fingerprint density at radius 2 is 2.44 bits per heavy atom. The van der Waals surface area contributed by atoms with Crippen molar-refractivity contribution in [3.05, 3.63) is 15.9 Å². The molecule has 18 heavy (non-hydrogen) atoms. The monoisotopic (exact) mass is 254 g/mol. The van der Waals surface area contributed by atoms with Crippen LogP contribution < -0.4 is 10.1 Å². The van der Waals surface area contributed by atoms with Crippen LogP contribution in [0.5, 0.6) is 5.88 Å². The van der Waals surface area contributed by atoms with E-state index >= 15 is 0 Å². The molecule has 1 atom stereocenters. The predicted octanol–water partition coefficient (Wildman–Crippen LogP) is 1.02. The number of imidazole rings is 1. The van der Waals surface area contributed by atoms with Crippen LogP contribution in [0.2, 0.25) is 0 Å². The van der Waals surface area contributed by atoms with Crippen molar-refractivity contribution in [2.75, 3.05) is 19.7 Å². The molecule has 0 aromatic carbocycles. The van der Waals surface area contributed by atoms with E-state index in [0.29, 0.717) is 18.3 Å². The van der Waals surface area contributed by atoms with Gasteiger partial charge in [0, 0.05) is 14.0 Å². The summed E-state index contributed by atoms with van der Waals surface area (Å²) in [5, 5.41) is 14.1. The summed E-state index contributed by atoms with van der Waals surface area (Å²) in [6.07, 6.45) is 2.06. The Labute approximate surface area is 105 Å². The highest BCUT2D eigenvalue weighted by Crippen LogP contribution is 2.26. The molecule has 0 bridgehead atoms. The summed E-state index contributed by atoms with van der Waals surface area (Å²) in [5.74, 6) is 1.25. The third-order valence-corrected chi connectivity index (χ3v) is 3.35. The molecule has 1 aliphatic heterocycles. The number of nitro groups is 1. The van der Waals surface area contributed by atoms with Gasteiger partial charge in [-0.3, -0.25) is 4.57 Å². The number of ether oxygens (including phenoxy) is 1. The summed E-state index contributed by atoms with van der Waals surface area (Å²) < 4.78 is 7.16. The highest BCUT2D eigenvalue weighted by atomic mass is 16.6. The minimum absolute atomic E-state index is 0.195. The Morgan fingerprint density at radius 3 is 3.06 bits per heavy atom. The van der Waals surface area contributed by atoms with Crippen LogP contribution in [-0.4, -0.2) is 34.2 Å². The van der Waals surface area contributed by atoms with Crippen LogP contribution in [0, 0.1) is 23.0 Å². The van der Waals surface area contributed by atoms with Crippen molar-refractivity contribution in [2.45, 2.75) is 19.8 Å². The maximum Gasteiger partial charge on any atom is 0.426 e. The molecule has 0 spiro atoms. The molecule has 100 valence electrons. The molecule has 1 N–H and O–H groups in total. The maximum atomic E-state index is 10.8. The van der Waals surface area contributed by atoms with Crippen molar-refractivity contribution in [3.63, 3.8) is 0 Å². The van der Waals surface area contributed by atoms with E-state index in [2.05, 4.69) is 10.3 Å². The second-order valence-electron chi connectivity index (χ2n) is 4.60. The van der Waals surface area contributed by atoms with Gasteiger partial charge in [-0.25, -0.2) is 0 Å². The Bertz CT molecular complexity index is 438. The largest absolute Gasteiger partial charge is 0.473 e. The van der Waals surface area contributed by atoms with Gasteiger partial charge in [-0.1, -0.05) is 0 Å². The van der Waals surface area contributed by atoms with Crippen LogP contribution in [0.3, 0.4) is 0 Å². The van der Waals surface area contributed by atoms with Crippen LogP contribution >= 0.6 is 0 Å². The van der Waals surface area contributed by atoms with E-state index in [4.69, 9.17) is 4.74 Å². The van der Waals surface area contributed by atoms with E-state index in [9.17, 15) is 10.1 Å². The molecular formula is C11H18N4O3. The quantitative estimate of drug-likeness (QED) is 0.626. The second kappa shape index (κ2) is 5.34. The number of nitrogens with zero attached hydrogens (tertiary/aromatic N) is 3. The fourth-order valence-electron chi connectivity index (χ4n) is 2.14. The summed E-state index contributed by atoms with van der Waals surface area (Å²) in [5.41, 5.74) is 0. The normalized spacial score (nSPS) is 19.1. The molecule has 1 saturated heterocycles. The molecule has 2 heterocycles. The summed E-state index contributed by atoms with van der Waals surface area (Å²) in [4.78, 5) is 14.2. The summed E-state index contributed by atoms with van der Waals surface area (Å²) in [7, 11) is 1.72. The van der Waals surface area contributed by atoms with Crippen LogP contribution in [0.25, 0.3) is 0 Å². The van der Waals surface area contributed by atoms with Gasteiger partial charge in [0.1, 0.15) is 0 Å². The van der Waals surface area contributed by atoms with Crippen molar-refractivity contribution in [3.8, 4) is 5.88 Å². The van der Waals surface area contributed by atoms with Crippen LogP contribution in [0.4, 0.5) is 5.82 Å². The Balaban J connectivity index is 1.97. The van der Waals surface area contributed by atoms with E-state index in [1.807, 2.05) is 0 Å².